The lowest BCUT2D eigenvalue weighted by atomic mass is 10.0. The molecule has 2 aromatic carbocycles. The Morgan fingerprint density at radius 2 is 1.65 bits per heavy atom. The topological polar surface area (TPSA) is 115 Å². The Morgan fingerprint density at radius 1 is 1.04 bits per heavy atom. The number of rotatable bonds is 5. The molecule has 1 heterocycles. The van der Waals surface area contributed by atoms with Gasteiger partial charge in [-0.15, -0.1) is 0 Å². The zero-order valence-electron chi connectivity index (χ0n) is 14.0. The number of hydrogen-bond acceptors (Lipinski definition) is 6. The number of anilines is 1. The van der Waals surface area contributed by atoms with Crippen molar-refractivity contribution >= 4 is 21.6 Å². The molecule has 0 aliphatic heterocycles. The molecule has 0 aliphatic rings. The number of nitrogens with one attached hydrogen (secondary N) is 1. The molecule has 0 radical (unpaired) electrons. The summed E-state index contributed by atoms with van der Waals surface area (Å²) in [5.74, 6) is 0.0138. The van der Waals surface area contributed by atoms with Gasteiger partial charge in [-0.25, -0.2) is 13.1 Å². The van der Waals surface area contributed by atoms with E-state index in [2.05, 4.69) is 9.88 Å². The smallest absolute Gasteiger partial charge is 0.277 e. The Morgan fingerprint density at radius 3 is 2.27 bits per heavy atom. The zero-order chi connectivity index (χ0) is 18.9. The van der Waals surface area contributed by atoms with Crippen LogP contribution in [0.3, 0.4) is 0 Å². The number of nitrogens with zero attached hydrogens (tertiary/aromatic N) is 2. The summed E-state index contributed by atoms with van der Waals surface area (Å²) in [4.78, 5) is 10.7. The van der Waals surface area contributed by atoms with E-state index in [1.54, 1.807) is 32.0 Å². The van der Waals surface area contributed by atoms with Crippen LogP contribution in [0.5, 0.6) is 0 Å². The number of nitro benzene ring substituents is 1. The van der Waals surface area contributed by atoms with Gasteiger partial charge < -0.3 is 4.52 Å². The number of para-hydroxylation sites is 1. The van der Waals surface area contributed by atoms with Crippen LogP contribution in [0.15, 0.2) is 57.9 Å². The SMILES string of the molecule is Cc1noc(NS(=O)(=O)c2ccccc2-c2ccccc2[N+](=O)[O-])c1C. The fourth-order valence-corrected chi connectivity index (χ4v) is 3.74. The molecule has 0 saturated heterocycles. The van der Waals surface area contributed by atoms with Crippen LogP contribution in [0.2, 0.25) is 0 Å². The van der Waals surface area contributed by atoms with Gasteiger partial charge in [0, 0.05) is 17.2 Å². The molecule has 1 N–H and O–H groups in total. The van der Waals surface area contributed by atoms with Crippen molar-refractivity contribution in [3.63, 3.8) is 0 Å². The quantitative estimate of drug-likeness (QED) is 0.539. The van der Waals surface area contributed by atoms with Crippen molar-refractivity contribution in [1.82, 2.24) is 5.16 Å². The van der Waals surface area contributed by atoms with Gasteiger partial charge in [0.25, 0.3) is 15.7 Å². The van der Waals surface area contributed by atoms with Crippen LogP contribution in [0, 0.1) is 24.0 Å². The second-order valence-corrected chi connectivity index (χ2v) is 7.25. The number of nitro groups is 1. The van der Waals surface area contributed by atoms with Crippen molar-refractivity contribution in [3.8, 4) is 11.1 Å². The molecule has 0 spiro atoms. The molecule has 0 amide bonds. The van der Waals surface area contributed by atoms with E-state index in [9.17, 15) is 18.5 Å². The fourth-order valence-electron chi connectivity index (χ4n) is 2.47. The molecule has 3 rings (SSSR count). The normalized spacial score (nSPS) is 11.3. The third-order valence-electron chi connectivity index (χ3n) is 3.95. The summed E-state index contributed by atoms with van der Waals surface area (Å²) in [5, 5.41) is 15.0. The number of sulfonamides is 1. The van der Waals surface area contributed by atoms with Crippen LogP contribution >= 0.6 is 0 Å². The van der Waals surface area contributed by atoms with Crippen molar-refractivity contribution < 1.29 is 17.9 Å². The van der Waals surface area contributed by atoms with Crippen LogP contribution in [0.1, 0.15) is 11.3 Å². The Labute approximate surface area is 149 Å². The largest absolute Gasteiger partial charge is 0.337 e. The van der Waals surface area contributed by atoms with E-state index in [-0.39, 0.29) is 27.6 Å². The van der Waals surface area contributed by atoms with Crippen LogP contribution in [-0.2, 0) is 10.0 Å². The van der Waals surface area contributed by atoms with Gasteiger partial charge >= 0.3 is 0 Å². The third-order valence-corrected chi connectivity index (χ3v) is 5.34. The van der Waals surface area contributed by atoms with E-state index in [4.69, 9.17) is 4.52 Å². The third kappa shape index (κ3) is 3.16. The molecule has 0 fully saturated rings. The van der Waals surface area contributed by atoms with Crippen molar-refractivity contribution in [2.45, 2.75) is 18.7 Å². The predicted molar refractivity (Wildman–Crippen MR) is 95.3 cm³/mol. The highest BCUT2D eigenvalue weighted by Crippen LogP contribution is 2.35. The maximum absolute atomic E-state index is 12.9. The minimum Gasteiger partial charge on any atom is -0.337 e. The Hall–Kier alpha value is -3.20. The molecular weight excluding hydrogens is 358 g/mol. The average molecular weight is 373 g/mol. The Balaban J connectivity index is 2.13. The summed E-state index contributed by atoms with van der Waals surface area (Å²) >= 11 is 0. The van der Waals surface area contributed by atoms with Gasteiger partial charge in [0.05, 0.1) is 21.1 Å². The summed E-state index contributed by atoms with van der Waals surface area (Å²) in [6.45, 7) is 3.37. The van der Waals surface area contributed by atoms with Crippen LogP contribution < -0.4 is 4.72 Å². The molecule has 8 nitrogen and oxygen atoms in total. The number of benzene rings is 2. The van der Waals surface area contributed by atoms with Gasteiger partial charge in [0.2, 0.25) is 5.88 Å². The van der Waals surface area contributed by atoms with Gasteiger partial charge in [0.1, 0.15) is 0 Å². The maximum atomic E-state index is 12.9. The average Bonchev–Trinajstić information content (AvgIpc) is 2.93. The van der Waals surface area contributed by atoms with E-state index in [0.717, 1.165) is 0 Å². The lowest BCUT2D eigenvalue weighted by Crippen LogP contribution is -2.14. The zero-order valence-corrected chi connectivity index (χ0v) is 14.8. The first-order chi connectivity index (χ1) is 12.3. The second kappa shape index (κ2) is 6.60. The summed E-state index contributed by atoms with van der Waals surface area (Å²) in [7, 11) is -4.05. The summed E-state index contributed by atoms with van der Waals surface area (Å²) in [6, 6.07) is 12.1. The lowest BCUT2D eigenvalue weighted by Gasteiger charge is -2.11. The molecule has 0 aliphatic carbocycles. The summed E-state index contributed by atoms with van der Waals surface area (Å²) in [5.41, 5.74) is 1.39. The van der Waals surface area contributed by atoms with Crippen LogP contribution in [0.4, 0.5) is 11.6 Å². The van der Waals surface area contributed by atoms with Gasteiger partial charge in [-0.05, 0) is 26.0 Å². The predicted octanol–water partition coefficient (Wildman–Crippen LogP) is 3.67. The standard InChI is InChI=1S/C17H15N3O5S/c1-11-12(2)18-25-17(11)19-26(23,24)16-10-6-4-8-14(16)13-7-3-5-9-15(13)20(21)22/h3-10,19H,1-2H3. The highest BCUT2D eigenvalue weighted by Gasteiger charge is 2.25. The van der Waals surface area contributed by atoms with Gasteiger partial charge in [-0.1, -0.05) is 35.5 Å². The van der Waals surface area contributed by atoms with Crippen LogP contribution in [-0.4, -0.2) is 18.5 Å². The Bertz CT molecular complexity index is 1090. The summed E-state index contributed by atoms with van der Waals surface area (Å²) in [6.07, 6.45) is 0. The fraction of sp³-hybridized carbons (Fsp3) is 0.118. The molecule has 3 aromatic rings. The molecule has 0 bridgehead atoms. The highest BCUT2D eigenvalue weighted by molar-refractivity contribution is 7.92. The maximum Gasteiger partial charge on any atom is 0.277 e. The molecule has 0 unspecified atom stereocenters. The molecule has 134 valence electrons. The van der Waals surface area contributed by atoms with E-state index >= 15 is 0 Å². The first kappa shape index (κ1) is 17.6. The van der Waals surface area contributed by atoms with E-state index in [1.165, 1.54) is 30.3 Å². The first-order valence-electron chi connectivity index (χ1n) is 7.60. The molecule has 9 heteroatoms. The minimum atomic E-state index is -4.05. The van der Waals surface area contributed by atoms with Crippen molar-refractivity contribution in [3.05, 3.63) is 69.9 Å². The lowest BCUT2D eigenvalue weighted by molar-refractivity contribution is -0.384. The van der Waals surface area contributed by atoms with Gasteiger partial charge in [-0.3, -0.25) is 10.1 Å². The first-order valence-corrected chi connectivity index (χ1v) is 9.08. The minimum absolute atomic E-state index is 0.0138. The van der Waals surface area contributed by atoms with Gasteiger partial charge in [-0.2, -0.15) is 0 Å². The van der Waals surface area contributed by atoms with E-state index < -0.39 is 14.9 Å². The van der Waals surface area contributed by atoms with E-state index in [0.29, 0.717) is 11.3 Å². The van der Waals surface area contributed by atoms with Crippen molar-refractivity contribution in [2.24, 2.45) is 0 Å². The highest BCUT2D eigenvalue weighted by atomic mass is 32.2. The second-order valence-electron chi connectivity index (χ2n) is 5.60. The van der Waals surface area contributed by atoms with Gasteiger partial charge in [0.15, 0.2) is 0 Å². The van der Waals surface area contributed by atoms with Crippen molar-refractivity contribution in [2.75, 3.05) is 4.72 Å². The number of aromatic nitrogens is 1. The molecule has 0 atom stereocenters. The molecule has 0 saturated carbocycles. The van der Waals surface area contributed by atoms with E-state index in [1.807, 2.05) is 0 Å². The molecular formula is C17H15N3O5S. The summed E-state index contributed by atoms with van der Waals surface area (Å²) < 4.78 is 33.1. The molecule has 26 heavy (non-hydrogen) atoms. The Kier molecular flexibility index (Phi) is 4.47. The molecule has 1 aromatic heterocycles. The van der Waals surface area contributed by atoms with Crippen LogP contribution in [0.25, 0.3) is 11.1 Å². The number of hydrogen-bond donors (Lipinski definition) is 1. The van der Waals surface area contributed by atoms with Crippen molar-refractivity contribution in [1.29, 1.82) is 0 Å². The number of aryl methyl sites for hydroxylation is 1. The monoisotopic (exact) mass is 373 g/mol.